The van der Waals surface area contributed by atoms with Crippen LogP contribution in [0.3, 0.4) is 0 Å². The number of benzene rings is 2. The predicted molar refractivity (Wildman–Crippen MR) is 146 cm³/mol. The molecule has 1 N–H and O–H groups in total. The van der Waals surface area contributed by atoms with E-state index in [-0.39, 0.29) is 12.1 Å². The van der Waals surface area contributed by atoms with Gasteiger partial charge >= 0.3 is 0 Å². The normalized spacial score (nSPS) is 17.3. The molecule has 9 heteroatoms. The van der Waals surface area contributed by atoms with Gasteiger partial charge in [-0.25, -0.2) is 0 Å². The molecule has 0 radical (unpaired) electrons. The van der Waals surface area contributed by atoms with E-state index in [9.17, 15) is 0 Å². The second-order valence-electron chi connectivity index (χ2n) is 8.16. The summed E-state index contributed by atoms with van der Waals surface area (Å²) in [6.07, 6.45) is 1.77. The Morgan fingerprint density at radius 3 is 2.58 bits per heavy atom. The number of rotatable bonds is 8. The summed E-state index contributed by atoms with van der Waals surface area (Å²) in [5.41, 5.74) is 2.59. The van der Waals surface area contributed by atoms with Crippen molar-refractivity contribution >= 4 is 46.2 Å². The number of aromatic nitrogens is 1. The Labute approximate surface area is 224 Å². The monoisotopic (exact) mass is 539 g/mol. The van der Waals surface area contributed by atoms with E-state index in [1.54, 1.807) is 13.3 Å². The van der Waals surface area contributed by atoms with Crippen LogP contribution in [0.15, 0.2) is 83.4 Å². The molecule has 5 rings (SSSR count). The fourth-order valence-corrected chi connectivity index (χ4v) is 4.90. The van der Waals surface area contributed by atoms with Crippen LogP contribution >= 0.6 is 35.4 Å². The highest BCUT2D eigenvalue weighted by Crippen LogP contribution is 2.44. The van der Waals surface area contributed by atoms with Gasteiger partial charge in [0.25, 0.3) is 0 Å². The molecular weight excluding hydrogens is 517 g/mol. The van der Waals surface area contributed by atoms with Crippen molar-refractivity contribution in [3.05, 3.63) is 100 Å². The zero-order valence-electron chi connectivity index (χ0n) is 19.4. The maximum absolute atomic E-state index is 6.58. The minimum atomic E-state index is -0.301. The summed E-state index contributed by atoms with van der Waals surface area (Å²) in [5, 5.41) is 5.12. The number of pyridine rings is 1. The molecule has 2 aromatic carbocycles. The Morgan fingerprint density at radius 1 is 1.03 bits per heavy atom. The van der Waals surface area contributed by atoms with Crippen molar-refractivity contribution in [2.24, 2.45) is 0 Å². The van der Waals surface area contributed by atoms with Crippen LogP contribution in [0.4, 0.5) is 5.69 Å². The molecule has 1 aliphatic rings. The van der Waals surface area contributed by atoms with Crippen molar-refractivity contribution in [3.8, 4) is 17.1 Å². The van der Waals surface area contributed by atoms with Crippen LogP contribution < -0.4 is 15.0 Å². The maximum Gasteiger partial charge on any atom is 0.174 e. The molecule has 0 aliphatic carbocycles. The molecule has 0 spiro atoms. The number of halogens is 2. The Hall–Kier alpha value is -3.10. The van der Waals surface area contributed by atoms with E-state index >= 15 is 0 Å². The number of hydrogen-bond donors (Lipinski definition) is 1. The van der Waals surface area contributed by atoms with Crippen LogP contribution in [0.2, 0.25) is 10.0 Å². The molecule has 4 aromatic rings. The van der Waals surface area contributed by atoms with Crippen molar-refractivity contribution in [2.75, 3.05) is 25.2 Å². The van der Waals surface area contributed by atoms with Crippen LogP contribution in [0.1, 0.15) is 23.5 Å². The zero-order valence-corrected chi connectivity index (χ0v) is 21.7. The van der Waals surface area contributed by atoms with Gasteiger partial charge in [-0.15, -0.1) is 0 Å². The van der Waals surface area contributed by atoms with E-state index < -0.39 is 0 Å². The first-order valence-corrected chi connectivity index (χ1v) is 12.5. The third-order valence-electron chi connectivity index (χ3n) is 5.88. The number of methoxy groups -OCH3 is 1. The fraction of sp³-hybridized carbons (Fsp3) is 0.185. The highest BCUT2D eigenvalue weighted by Gasteiger charge is 2.42. The second-order valence-corrected chi connectivity index (χ2v) is 9.39. The average molecular weight is 540 g/mol. The number of hydrogen-bond acceptors (Lipinski definition) is 5. The highest BCUT2D eigenvalue weighted by atomic mass is 35.5. The van der Waals surface area contributed by atoms with E-state index in [1.807, 2.05) is 77.7 Å². The summed E-state index contributed by atoms with van der Waals surface area (Å²) < 4.78 is 17.2. The second kappa shape index (κ2) is 10.9. The summed E-state index contributed by atoms with van der Waals surface area (Å²) in [5.74, 6) is 2.05. The summed E-state index contributed by atoms with van der Waals surface area (Å²) in [7, 11) is 1.63. The third-order valence-corrected chi connectivity index (χ3v) is 6.75. The van der Waals surface area contributed by atoms with Crippen LogP contribution in [0.5, 0.6) is 5.75 Å². The van der Waals surface area contributed by atoms with Gasteiger partial charge in [-0.05, 0) is 78.9 Å². The van der Waals surface area contributed by atoms with Crippen molar-refractivity contribution in [2.45, 2.75) is 12.1 Å². The topological polar surface area (TPSA) is 59.8 Å². The van der Waals surface area contributed by atoms with Crippen LogP contribution in [-0.2, 0) is 4.74 Å². The molecule has 0 amide bonds. The molecule has 0 bridgehead atoms. The first-order valence-electron chi connectivity index (χ1n) is 11.3. The lowest BCUT2D eigenvalue weighted by Crippen LogP contribution is -2.29. The molecule has 0 unspecified atom stereocenters. The van der Waals surface area contributed by atoms with E-state index in [2.05, 4.69) is 10.3 Å². The summed E-state index contributed by atoms with van der Waals surface area (Å²) in [6, 6.07) is 22.3. The minimum absolute atomic E-state index is 0.237. The molecule has 36 heavy (non-hydrogen) atoms. The van der Waals surface area contributed by atoms with Gasteiger partial charge in [0, 0.05) is 29.6 Å². The molecule has 2 atom stereocenters. The van der Waals surface area contributed by atoms with Crippen LogP contribution in [-0.4, -0.2) is 30.4 Å². The first kappa shape index (κ1) is 24.6. The van der Waals surface area contributed by atoms with E-state index in [4.69, 9.17) is 49.3 Å². The lowest BCUT2D eigenvalue weighted by atomic mass is 10.0. The van der Waals surface area contributed by atoms with Gasteiger partial charge in [0.05, 0.1) is 23.4 Å². The summed E-state index contributed by atoms with van der Waals surface area (Å²) in [4.78, 5) is 6.59. The van der Waals surface area contributed by atoms with E-state index in [1.165, 1.54) is 0 Å². The smallest absolute Gasteiger partial charge is 0.174 e. The van der Waals surface area contributed by atoms with Gasteiger partial charge in [0.15, 0.2) is 5.11 Å². The Balaban J connectivity index is 1.52. The molecule has 1 saturated heterocycles. The Morgan fingerprint density at radius 2 is 1.86 bits per heavy atom. The number of nitrogens with zero attached hydrogens (tertiary/aromatic N) is 2. The molecule has 6 nitrogen and oxygen atoms in total. The van der Waals surface area contributed by atoms with Gasteiger partial charge < -0.3 is 24.1 Å². The third kappa shape index (κ3) is 5.06. The molecule has 184 valence electrons. The fourth-order valence-electron chi connectivity index (χ4n) is 4.19. The molecule has 3 heterocycles. The average Bonchev–Trinajstić information content (AvgIpc) is 3.51. The number of thiocarbonyl (C=S) groups is 1. The van der Waals surface area contributed by atoms with Gasteiger partial charge in [0.1, 0.15) is 29.9 Å². The van der Waals surface area contributed by atoms with Gasteiger partial charge in [0.2, 0.25) is 0 Å². The van der Waals surface area contributed by atoms with E-state index in [0.29, 0.717) is 34.1 Å². The number of ether oxygens (including phenoxy) is 2. The molecule has 1 aliphatic heterocycles. The quantitative estimate of drug-likeness (QED) is 0.194. The molecular formula is C27H23Cl2N3O3S. The minimum Gasteiger partial charge on any atom is -0.490 e. The number of anilines is 1. The number of nitrogens with one attached hydrogen (secondary N) is 1. The first-order chi connectivity index (χ1) is 17.5. The van der Waals surface area contributed by atoms with Crippen molar-refractivity contribution < 1.29 is 13.9 Å². The summed E-state index contributed by atoms with van der Waals surface area (Å²) in [6.45, 7) is 0.879. The van der Waals surface area contributed by atoms with Crippen molar-refractivity contribution in [1.29, 1.82) is 0 Å². The molecule has 0 saturated carbocycles. The SMILES string of the molecule is COCCOc1ccc(N2C(=S)N[C@@H](c3ccccn3)[C@@H]2c2ccc(-c3ccc(Cl)cc3)o2)cc1Cl. The largest absolute Gasteiger partial charge is 0.490 e. The molecule has 2 aromatic heterocycles. The molecule has 1 fully saturated rings. The van der Waals surface area contributed by atoms with Crippen molar-refractivity contribution in [3.63, 3.8) is 0 Å². The van der Waals surface area contributed by atoms with Crippen LogP contribution in [0.25, 0.3) is 11.3 Å². The van der Waals surface area contributed by atoms with Gasteiger partial charge in [-0.1, -0.05) is 29.3 Å². The lowest BCUT2D eigenvalue weighted by Gasteiger charge is -2.26. The maximum atomic E-state index is 6.58. The zero-order chi connectivity index (χ0) is 25.1. The van der Waals surface area contributed by atoms with E-state index in [0.717, 1.165) is 28.5 Å². The Kier molecular flexibility index (Phi) is 7.43. The van der Waals surface area contributed by atoms with Crippen LogP contribution in [0, 0.1) is 0 Å². The highest BCUT2D eigenvalue weighted by molar-refractivity contribution is 7.80. The van der Waals surface area contributed by atoms with Crippen molar-refractivity contribution in [1.82, 2.24) is 10.3 Å². The Bertz CT molecular complexity index is 1350. The standard InChI is InChI=1S/C27H23Cl2N3O3S/c1-33-14-15-34-23-10-9-19(16-20(23)29)32-26(25(31-27(32)36)21-4-2-3-13-30-21)24-12-11-22(35-24)17-5-7-18(28)8-6-17/h2-13,16,25-26H,14-15H2,1H3,(H,31,36)/t25-,26-/m0/s1. The summed E-state index contributed by atoms with van der Waals surface area (Å²) >= 11 is 18.4. The van der Waals surface area contributed by atoms with Gasteiger partial charge in [-0.3, -0.25) is 4.98 Å². The van der Waals surface area contributed by atoms with Gasteiger partial charge in [-0.2, -0.15) is 0 Å². The number of furan rings is 1. The predicted octanol–water partition coefficient (Wildman–Crippen LogP) is 6.85. The lowest BCUT2D eigenvalue weighted by molar-refractivity contribution is 0.146.